The molecule has 0 radical (unpaired) electrons. The van der Waals surface area contributed by atoms with Crippen molar-refractivity contribution < 1.29 is 0 Å². The molecule has 0 saturated heterocycles. The molecule has 1 aliphatic carbocycles. The molecule has 0 unspecified atom stereocenters. The van der Waals surface area contributed by atoms with Crippen LogP contribution in [0, 0.1) is 18.8 Å². The lowest BCUT2D eigenvalue weighted by atomic mass is 10.0. The third kappa shape index (κ3) is 2.86. The normalized spacial score (nSPS) is 13.4. The summed E-state index contributed by atoms with van der Waals surface area (Å²) in [6.45, 7) is 3.35. The zero-order valence-corrected chi connectivity index (χ0v) is 12.5. The lowest BCUT2D eigenvalue weighted by Crippen LogP contribution is -2.11. The van der Waals surface area contributed by atoms with E-state index in [0.717, 1.165) is 30.8 Å². The summed E-state index contributed by atoms with van der Waals surface area (Å²) >= 11 is 0. The van der Waals surface area contributed by atoms with Crippen molar-refractivity contribution in [2.24, 2.45) is 5.73 Å². The first-order chi connectivity index (χ1) is 10.3. The first kappa shape index (κ1) is 13.9. The molecule has 1 aliphatic rings. The van der Waals surface area contributed by atoms with E-state index in [-0.39, 0.29) is 0 Å². The predicted molar refractivity (Wildman–Crippen MR) is 85.1 cm³/mol. The zero-order chi connectivity index (χ0) is 14.7. The second-order valence-corrected chi connectivity index (χ2v) is 5.51. The van der Waals surface area contributed by atoms with Crippen LogP contribution in [0.1, 0.15) is 41.2 Å². The number of fused-ring (bicyclic) bond motifs is 1. The van der Waals surface area contributed by atoms with E-state index in [9.17, 15) is 0 Å². The third-order valence-electron chi connectivity index (χ3n) is 4.09. The van der Waals surface area contributed by atoms with Crippen molar-refractivity contribution in [1.82, 2.24) is 9.55 Å². The molecule has 1 aromatic heterocycles. The number of imidazole rings is 1. The van der Waals surface area contributed by atoms with E-state index in [2.05, 4.69) is 41.5 Å². The Morgan fingerprint density at radius 2 is 2.05 bits per heavy atom. The van der Waals surface area contributed by atoms with Gasteiger partial charge in [-0.15, -0.1) is 0 Å². The van der Waals surface area contributed by atoms with Crippen LogP contribution in [0.2, 0.25) is 0 Å². The van der Waals surface area contributed by atoms with Crippen LogP contribution in [-0.2, 0) is 19.4 Å². The molecule has 1 heterocycles. The molecule has 0 saturated carbocycles. The molecule has 1 aromatic carbocycles. The van der Waals surface area contributed by atoms with E-state index < -0.39 is 0 Å². The van der Waals surface area contributed by atoms with Crippen LogP contribution in [0.4, 0.5) is 0 Å². The number of hydrogen-bond donors (Lipinski definition) is 1. The van der Waals surface area contributed by atoms with Gasteiger partial charge in [0.15, 0.2) is 0 Å². The average Bonchev–Trinajstić information content (AvgIpc) is 2.82. The van der Waals surface area contributed by atoms with E-state index in [1.54, 1.807) is 0 Å². The van der Waals surface area contributed by atoms with Gasteiger partial charge in [0.25, 0.3) is 0 Å². The van der Waals surface area contributed by atoms with Gasteiger partial charge in [-0.25, -0.2) is 4.98 Å². The van der Waals surface area contributed by atoms with Crippen LogP contribution in [0.5, 0.6) is 0 Å². The van der Waals surface area contributed by atoms with Gasteiger partial charge in [-0.1, -0.05) is 30.0 Å². The van der Waals surface area contributed by atoms with Gasteiger partial charge in [0.05, 0.1) is 18.8 Å². The molecule has 0 aliphatic heterocycles. The number of nitrogens with two attached hydrogens (primary N) is 1. The van der Waals surface area contributed by atoms with Crippen molar-refractivity contribution in [2.75, 3.05) is 6.54 Å². The molecular formula is C18H21N3. The summed E-state index contributed by atoms with van der Waals surface area (Å²) in [5.41, 5.74) is 10.5. The Hall–Kier alpha value is -2.05. The van der Waals surface area contributed by atoms with Gasteiger partial charge in [0, 0.05) is 11.3 Å². The van der Waals surface area contributed by atoms with E-state index >= 15 is 0 Å². The maximum Gasteiger partial charge on any atom is 0.106 e. The fourth-order valence-electron chi connectivity index (χ4n) is 3.04. The minimum absolute atomic E-state index is 0.397. The predicted octanol–water partition coefficient (Wildman–Crippen LogP) is 2.43. The van der Waals surface area contributed by atoms with E-state index in [1.807, 2.05) is 6.07 Å². The van der Waals surface area contributed by atoms with Gasteiger partial charge in [-0.05, 0) is 44.2 Å². The number of hydrogen-bond acceptors (Lipinski definition) is 2. The van der Waals surface area contributed by atoms with Gasteiger partial charge in [-0.2, -0.15) is 0 Å². The summed E-state index contributed by atoms with van der Waals surface area (Å²) in [6, 6.07) is 8.31. The molecule has 108 valence electrons. The van der Waals surface area contributed by atoms with Gasteiger partial charge in [0.1, 0.15) is 5.82 Å². The van der Waals surface area contributed by atoms with E-state index in [4.69, 9.17) is 10.7 Å². The Labute approximate surface area is 126 Å². The third-order valence-corrected chi connectivity index (χ3v) is 4.09. The van der Waals surface area contributed by atoms with Crippen molar-refractivity contribution >= 4 is 0 Å². The molecule has 2 aromatic rings. The van der Waals surface area contributed by atoms with Gasteiger partial charge < -0.3 is 10.3 Å². The van der Waals surface area contributed by atoms with E-state index in [1.165, 1.54) is 29.8 Å². The Kier molecular flexibility index (Phi) is 4.08. The molecule has 0 bridgehead atoms. The van der Waals surface area contributed by atoms with Crippen LogP contribution in [0.3, 0.4) is 0 Å². The monoisotopic (exact) mass is 279 g/mol. The highest BCUT2D eigenvalue weighted by Crippen LogP contribution is 2.23. The van der Waals surface area contributed by atoms with Gasteiger partial charge in [0.2, 0.25) is 0 Å². The van der Waals surface area contributed by atoms with Crippen LogP contribution >= 0.6 is 0 Å². The fourth-order valence-corrected chi connectivity index (χ4v) is 3.04. The second-order valence-electron chi connectivity index (χ2n) is 5.51. The quantitative estimate of drug-likeness (QED) is 0.858. The first-order valence-electron chi connectivity index (χ1n) is 7.61. The van der Waals surface area contributed by atoms with Crippen molar-refractivity contribution in [3.63, 3.8) is 0 Å². The lowest BCUT2D eigenvalue weighted by molar-refractivity contribution is 0.624. The summed E-state index contributed by atoms with van der Waals surface area (Å²) in [6.07, 6.45) is 4.80. The minimum Gasteiger partial charge on any atom is -0.328 e. The molecule has 0 atom stereocenters. The summed E-state index contributed by atoms with van der Waals surface area (Å²) in [4.78, 5) is 4.75. The maximum atomic E-state index is 5.49. The molecule has 2 N–H and O–H groups in total. The maximum absolute atomic E-state index is 5.49. The minimum atomic E-state index is 0.397. The SMILES string of the molecule is Cc1nc2c(n1Cc1ccccc1C#CCN)CCCC2. The van der Waals surface area contributed by atoms with Crippen LogP contribution in [0.15, 0.2) is 24.3 Å². The second kappa shape index (κ2) is 6.15. The molecule has 0 fully saturated rings. The van der Waals surface area contributed by atoms with Crippen molar-refractivity contribution in [3.8, 4) is 11.8 Å². The van der Waals surface area contributed by atoms with Crippen molar-refractivity contribution in [1.29, 1.82) is 0 Å². The summed E-state index contributed by atoms with van der Waals surface area (Å²) in [5, 5.41) is 0. The fraction of sp³-hybridized carbons (Fsp3) is 0.389. The Balaban J connectivity index is 1.96. The molecule has 3 heteroatoms. The van der Waals surface area contributed by atoms with Crippen molar-refractivity contribution in [3.05, 3.63) is 52.6 Å². The number of aromatic nitrogens is 2. The molecule has 0 amide bonds. The average molecular weight is 279 g/mol. The summed E-state index contributed by atoms with van der Waals surface area (Å²) in [7, 11) is 0. The van der Waals surface area contributed by atoms with Crippen LogP contribution < -0.4 is 5.73 Å². The first-order valence-corrected chi connectivity index (χ1v) is 7.61. The molecular weight excluding hydrogens is 258 g/mol. The standard InChI is InChI=1S/C18H21N3/c1-14-20-17-10-4-5-11-18(17)21(14)13-16-8-3-2-7-15(16)9-6-12-19/h2-3,7-8H,4-5,10-13,19H2,1H3. The molecule has 0 spiro atoms. The summed E-state index contributed by atoms with van der Waals surface area (Å²) < 4.78 is 2.36. The van der Waals surface area contributed by atoms with Gasteiger partial charge in [-0.3, -0.25) is 0 Å². The molecule has 3 rings (SSSR count). The number of benzene rings is 1. The van der Waals surface area contributed by atoms with Crippen LogP contribution in [0.25, 0.3) is 0 Å². The Morgan fingerprint density at radius 3 is 2.90 bits per heavy atom. The Bertz CT molecular complexity index is 701. The number of nitrogens with zero attached hydrogens (tertiary/aromatic N) is 2. The number of aryl methyl sites for hydroxylation is 2. The highest BCUT2D eigenvalue weighted by atomic mass is 15.1. The largest absolute Gasteiger partial charge is 0.328 e. The van der Waals surface area contributed by atoms with E-state index in [0.29, 0.717) is 6.54 Å². The zero-order valence-electron chi connectivity index (χ0n) is 12.5. The van der Waals surface area contributed by atoms with Crippen molar-refractivity contribution in [2.45, 2.75) is 39.2 Å². The number of rotatable bonds is 2. The topological polar surface area (TPSA) is 43.8 Å². The molecule has 3 nitrogen and oxygen atoms in total. The summed E-state index contributed by atoms with van der Waals surface area (Å²) in [5.74, 6) is 7.24. The molecule has 21 heavy (non-hydrogen) atoms. The van der Waals surface area contributed by atoms with Gasteiger partial charge >= 0.3 is 0 Å². The van der Waals surface area contributed by atoms with Crippen LogP contribution in [-0.4, -0.2) is 16.1 Å². The Morgan fingerprint density at radius 1 is 1.24 bits per heavy atom. The smallest absolute Gasteiger partial charge is 0.106 e. The highest BCUT2D eigenvalue weighted by Gasteiger charge is 2.18. The lowest BCUT2D eigenvalue weighted by Gasteiger charge is -2.15. The highest BCUT2D eigenvalue weighted by molar-refractivity contribution is 5.42.